The van der Waals surface area contributed by atoms with Crippen molar-refractivity contribution in [1.29, 1.82) is 0 Å². The Kier molecular flexibility index (Phi) is 7.79. The normalized spacial score (nSPS) is 14.4. The van der Waals surface area contributed by atoms with Gasteiger partial charge in [-0.1, -0.05) is 20.8 Å². The highest BCUT2D eigenvalue weighted by Crippen LogP contribution is 2.32. The Morgan fingerprint density at radius 1 is 1.15 bits per heavy atom. The molecule has 20 heavy (non-hydrogen) atoms. The molecule has 5 nitrogen and oxygen atoms in total. The van der Waals surface area contributed by atoms with E-state index in [2.05, 4.69) is 0 Å². The highest BCUT2D eigenvalue weighted by atomic mass is 16.4. The maximum Gasteiger partial charge on any atom is 0.310 e. The summed E-state index contributed by atoms with van der Waals surface area (Å²) in [6, 6.07) is 0. The number of nitrogens with zero attached hydrogens (tertiary/aromatic N) is 2. The second-order valence-corrected chi connectivity index (χ2v) is 6.24. The largest absolute Gasteiger partial charge is 0.481 e. The van der Waals surface area contributed by atoms with Gasteiger partial charge in [0.2, 0.25) is 5.91 Å². The van der Waals surface area contributed by atoms with Gasteiger partial charge in [0.1, 0.15) is 0 Å². The van der Waals surface area contributed by atoms with Gasteiger partial charge in [0.25, 0.3) is 0 Å². The van der Waals surface area contributed by atoms with Crippen molar-refractivity contribution in [2.75, 3.05) is 33.7 Å². The van der Waals surface area contributed by atoms with Crippen LogP contribution >= 0.6 is 0 Å². The third-order valence-electron chi connectivity index (χ3n) is 3.94. The summed E-state index contributed by atoms with van der Waals surface area (Å²) in [4.78, 5) is 27.7. The molecule has 0 saturated carbocycles. The van der Waals surface area contributed by atoms with Crippen LogP contribution in [0.1, 0.15) is 40.5 Å². The summed E-state index contributed by atoms with van der Waals surface area (Å²) in [7, 11) is 3.92. The summed E-state index contributed by atoms with van der Waals surface area (Å²) in [6.07, 6.45) is 0.943. The topological polar surface area (TPSA) is 60.9 Å². The third kappa shape index (κ3) is 5.49. The SMILES string of the molecule is CCCN(CCN(C)C)C(=O)CC(C)(C(=O)O)C(C)C. The van der Waals surface area contributed by atoms with Gasteiger partial charge in [0, 0.05) is 26.1 Å². The summed E-state index contributed by atoms with van der Waals surface area (Å²) < 4.78 is 0. The molecule has 0 spiro atoms. The summed E-state index contributed by atoms with van der Waals surface area (Å²) in [5.74, 6) is -1.04. The Morgan fingerprint density at radius 3 is 2.05 bits per heavy atom. The van der Waals surface area contributed by atoms with Gasteiger partial charge in [-0.3, -0.25) is 9.59 Å². The summed E-state index contributed by atoms with van der Waals surface area (Å²) in [5, 5.41) is 9.40. The lowest BCUT2D eigenvalue weighted by molar-refractivity contribution is -0.155. The first-order chi connectivity index (χ1) is 9.15. The zero-order valence-electron chi connectivity index (χ0n) is 13.8. The van der Waals surface area contributed by atoms with Crippen LogP contribution in [0, 0.1) is 11.3 Å². The molecule has 0 aliphatic rings. The standard InChI is InChI=1S/C15H30N2O3/c1-7-8-17(10-9-16(5)6)13(18)11-15(4,12(2)3)14(19)20/h12H,7-11H2,1-6H3,(H,19,20). The van der Waals surface area contributed by atoms with Crippen LogP contribution in [0.4, 0.5) is 0 Å². The van der Waals surface area contributed by atoms with Crippen molar-refractivity contribution in [2.45, 2.75) is 40.5 Å². The quantitative estimate of drug-likeness (QED) is 0.703. The molecule has 0 aromatic rings. The first-order valence-corrected chi connectivity index (χ1v) is 7.31. The second kappa shape index (κ2) is 8.25. The number of carbonyl (C=O) groups excluding carboxylic acids is 1. The second-order valence-electron chi connectivity index (χ2n) is 6.24. The number of hydrogen-bond acceptors (Lipinski definition) is 3. The molecule has 0 rings (SSSR count). The van der Waals surface area contributed by atoms with Crippen LogP contribution in [-0.2, 0) is 9.59 Å². The van der Waals surface area contributed by atoms with Gasteiger partial charge in [0.15, 0.2) is 0 Å². The molecule has 118 valence electrons. The van der Waals surface area contributed by atoms with Gasteiger partial charge in [-0.25, -0.2) is 0 Å². The fourth-order valence-corrected chi connectivity index (χ4v) is 1.90. The zero-order valence-corrected chi connectivity index (χ0v) is 13.8. The fourth-order valence-electron chi connectivity index (χ4n) is 1.90. The Labute approximate surface area is 122 Å². The molecule has 5 heteroatoms. The van der Waals surface area contributed by atoms with Crippen LogP contribution in [-0.4, -0.2) is 60.5 Å². The molecule has 0 bridgehead atoms. The average Bonchev–Trinajstić information content (AvgIpc) is 2.33. The van der Waals surface area contributed by atoms with Crippen molar-refractivity contribution in [3.63, 3.8) is 0 Å². The minimum Gasteiger partial charge on any atom is -0.481 e. The number of rotatable bonds is 9. The number of likely N-dealkylation sites (N-methyl/N-ethyl adjacent to an activating group) is 1. The number of carbonyl (C=O) groups is 2. The van der Waals surface area contributed by atoms with E-state index in [9.17, 15) is 14.7 Å². The predicted molar refractivity (Wildman–Crippen MR) is 80.6 cm³/mol. The van der Waals surface area contributed by atoms with E-state index in [-0.39, 0.29) is 18.2 Å². The molecule has 0 heterocycles. The van der Waals surface area contributed by atoms with Crippen LogP contribution < -0.4 is 0 Å². The first kappa shape index (κ1) is 18.9. The Bertz CT molecular complexity index is 329. The number of aliphatic carboxylic acids is 1. The monoisotopic (exact) mass is 286 g/mol. The number of carboxylic acid groups (broad SMARTS) is 1. The molecule has 0 aromatic heterocycles. The zero-order chi connectivity index (χ0) is 15.9. The van der Waals surface area contributed by atoms with Crippen LogP contribution in [0.5, 0.6) is 0 Å². The van der Waals surface area contributed by atoms with Gasteiger partial charge >= 0.3 is 5.97 Å². The highest BCUT2D eigenvalue weighted by molar-refractivity contribution is 5.85. The molecule has 0 fully saturated rings. The van der Waals surface area contributed by atoms with Crippen molar-refractivity contribution in [1.82, 2.24) is 9.80 Å². The summed E-state index contributed by atoms with van der Waals surface area (Å²) in [6.45, 7) is 9.50. The molecular formula is C15H30N2O3. The van der Waals surface area contributed by atoms with E-state index in [1.807, 2.05) is 39.8 Å². The molecule has 0 aromatic carbocycles. The summed E-state index contributed by atoms with van der Waals surface area (Å²) in [5.41, 5.74) is -0.999. The van der Waals surface area contributed by atoms with Gasteiger partial charge in [-0.2, -0.15) is 0 Å². The van der Waals surface area contributed by atoms with Crippen molar-refractivity contribution in [2.24, 2.45) is 11.3 Å². The molecule has 0 aliphatic carbocycles. The number of hydrogen-bond donors (Lipinski definition) is 1. The molecule has 1 amide bonds. The van der Waals surface area contributed by atoms with E-state index >= 15 is 0 Å². The number of amides is 1. The smallest absolute Gasteiger partial charge is 0.310 e. The minimum atomic E-state index is -0.999. The van der Waals surface area contributed by atoms with Crippen LogP contribution in [0.3, 0.4) is 0 Å². The van der Waals surface area contributed by atoms with E-state index < -0.39 is 11.4 Å². The Balaban J connectivity index is 4.84. The van der Waals surface area contributed by atoms with E-state index in [0.29, 0.717) is 13.1 Å². The Morgan fingerprint density at radius 2 is 1.70 bits per heavy atom. The average molecular weight is 286 g/mol. The van der Waals surface area contributed by atoms with E-state index in [0.717, 1.165) is 13.0 Å². The van der Waals surface area contributed by atoms with Crippen LogP contribution in [0.15, 0.2) is 0 Å². The number of carboxylic acids is 1. The third-order valence-corrected chi connectivity index (χ3v) is 3.94. The molecule has 1 N–H and O–H groups in total. The molecule has 0 aliphatic heterocycles. The fraction of sp³-hybridized carbons (Fsp3) is 0.867. The molecular weight excluding hydrogens is 256 g/mol. The van der Waals surface area contributed by atoms with Gasteiger partial charge in [-0.15, -0.1) is 0 Å². The summed E-state index contributed by atoms with van der Waals surface area (Å²) >= 11 is 0. The van der Waals surface area contributed by atoms with E-state index in [1.165, 1.54) is 0 Å². The first-order valence-electron chi connectivity index (χ1n) is 7.31. The van der Waals surface area contributed by atoms with Crippen LogP contribution in [0.2, 0.25) is 0 Å². The minimum absolute atomic E-state index is 0.0627. The van der Waals surface area contributed by atoms with Crippen molar-refractivity contribution in [3.05, 3.63) is 0 Å². The molecule has 1 atom stereocenters. The molecule has 0 saturated heterocycles. The maximum atomic E-state index is 12.4. The lowest BCUT2D eigenvalue weighted by Crippen LogP contribution is -2.43. The Hall–Kier alpha value is -1.10. The van der Waals surface area contributed by atoms with Crippen molar-refractivity contribution >= 4 is 11.9 Å². The molecule has 1 unspecified atom stereocenters. The highest BCUT2D eigenvalue weighted by Gasteiger charge is 2.39. The van der Waals surface area contributed by atoms with Gasteiger partial charge in [-0.05, 0) is 33.4 Å². The predicted octanol–water partition coefficient (Wildman–Crippen LogP) is 1.92. The lowest BCUT2D eigenvalue weighted by Gasteiger charge is -2.32. The van der Waals surface area contributed by atoms with Crippen molar-refractivity contribution < 1.29 is 14.7 Å². The maximum absolute atomic E-state index is 12.4. The molecule has 0 radical (unpaired) electrons. The van der Waals surface area contributed by atoms with Crippen LogP contribution in [0.25, 0.3) is 0 Å². The van der Waals surface area contributed by atoms with Crippen molar-refractivity contribution in [3.8, 4) is 0 Å². The lowest BCUT2D eigenvalue weighted by atomic mass is 9.76. The van der Waals surface area contributed by atoms with Gasteiger partial charge < -0.3 is 14.9 Å². The van der Waals surface area contributed by atoms with E-state index in [1.54, 1.807) is 11.8 Å². The van der Waals surface area contributed by atoms with E-state index in [4.69, 9.17) is 0 Å². The van der Waals surface area contributed by atoms with Gasteiger partial charge in [0.05, 0.1) is 5.41 Å².